The van der Waals surface area contributed by atoms with E-state index in [1.807, 2.05) is 6.92 Å². The van der Waals surface area contributed by atoms with Crippen LogP contribution >= 0.6 is 0 Å². The number of H-pyrrole nitrogens is 1. The molecule has 0 aliphatic rings. The molecule has 0 bridgehead atoms. The number of hydrogen-bond acceptors (Lipinski definition) is 6. The van der Waals surface area contributed by atoms with E-state index >= 15 is 0 Å². The minimum atomic E-state index is -0.965. The molecule has 2 N–H and O–H groups in total. The molecule has 3 rings (SSSR count). The summed E-state index contributed by atoms with van der Waals surface area (Å²) < 4.78 is 10.5. The van der Waals surface area contributed by atoms with E-state index in [0.717, 1.165) is 0 Å². The van der Waals surface area contributed by atoms with Crippen LogP contribution in [0, 0.1) is 0 Å². The predicted octanol–water partition coefficient (Wildman–Crippen LogP) is 2.82. The van der Waals surface area contributed by atoms with Gasteiger partial charge < -0.3 is 19.8 Å². The third-order valence-corrected chi connectivity index (χ3v) is 4.34. The van der Waals surface area contributed by atoms with Gasteiger partial charge in [-0.3, -0.25) is 14.4 Å². The zero-order chi connectivity index (χ0) is 21.5. The monoisotopic (exact) mass is 409 g/mol. The molecule has 0 saturated heterocycles. The van der Waals surface area contributed by atoms with Gasteiger partial charge in [0.25, 0.3) is 11.5 Å². The van der Waals surface area contributed by atoms with Gasteiger partial charge in [0.2, 0.25) is 0 Å². The van der Waals surface area contributed by atoms with Crippen LogP contribution in [0.4, 0.5) is 5.69 Å². The third-order valence-electron chi connectivity index (χ3n) is 4.34. The van der Waals surface area contributed by atoms with Gasteiger partial charge in [-0.05, 0) is 50.2 Å². The predicted molar refractivity (Wildman–Crippen MR) is 112 cm³/mol. The number of anilines is 1. The molecular weight excluding hydrogens is 386 g/mol. The molecule has 8 nitrogen and oxygen atoms in total. The lowest BCUT2D eigenvalue weighted by Crippen LogP contribution is -2.30. The van der Waals surface area contributed by atoms with E-state index in [1.54, 1.807) is 48.5 Å². The largest absolute Gasteiger partial charge is 0.494 e. The summed E-state index contributed by atoms with van der Waals surface area (Å²) in [6, 6.07) is 13.9. The first-order chi connectivity index (χ1) is 14.5. The number of carbonyl (C=O) groups excluding carboxylic acids is 2. The van der Waals surface area contributed by atoms with Crippen molar-refractivity contribution in [2.24, 2.45) is 0 Å². The lowest BCUT2D eigenvalue weighted by atomic mass is 10.2. The van der Waals surface area contributed by atoms with Crippen molar-refractivity contribution in [3.63, 3.8) is 0 Å². The van der Waals surface area contributed by atoms with Crippen molar-refractivity contribution in [2.75, 3.05) is 11.9 Å². The van der Waals surface area contributed by atoms with E-state index in [1.165, 1.54) is 6.92 Å². The summed E-state index contributed by atoms with van der Waals surface area (Å²) in [5.41, 5.74) is 0.879. The van der Waals surface area contributed by atoms with E-state index < -0.39 is 18.0 Å². The third kappa shape index (κ3) is 5.44. The second kappa shape index (κ2) is 9.69. The van der Waals surface area contributed by atoms with Gasteiger partial charge in [0, 0.05) is 12.1 Å². The number of rotatable bonds is 8. The summed E-state index contributed by atoms with van der Waals surface area (Å²) in [5, 5.41) is 3.18. The van der Waals surface area contributed by atoms with Crippen molar-refractivity contribution in [1.29, 1.82) is 0 Å². The second-order valence-electron chi connectivity index (χ2n) is 6.61. The maximum absolute atomic E-state index is 12.2. The van der Waals surface area contributed by atoms with Crippen molar-refractivity contribution in [3.8, 4) is 5.75 Å². The van der Waals surface area contributed by atoms with E-state index in [-0.39, 0.29) is 18.4 Å². The minimum Gasteiger partial charge on any atom is -0.494 e. The standard InChI is InChI=1S/C22H23N3O5/c1-3-29-16-10-8-15(9-11-16)23-21(27)14(2)30-20(26)13-12-19-24-18-7-5-4-6-17(18)22(28)25-19/h4-11,14H,3,12-13H2,1-2H3,(H,23,27)(H,24,25,28)/t14-/m0/s1. The van der Waals surface area contributed by atoms with Crippen LogP contribution in [0.2, 0.25) is 0 Å². The van der Waals surface area contributed by atoms with Crippen LogP contribution in [-0.4, -0.2) is 34.6 Å². The molecule has 1 amide bonds. The Bertz CT molecular complexity index is 1090. The van der Waals surface area contributed by atoms with Crippen molar-refractivity contribution < 1.29 is 19.1 Å². The molecule has 0 radical (unpaired) electrons. The molecule has 0 unspecified atom stereocenters. The summed E-state index contributed by atoms with van der Waals surface area (Å²) in [4.78, 5) is 43.4. The number of ether oxygens (including phenoxy) is 2. The fourth-order valence-electron chi connectivity index (χ4n) is 2.83. The number of benzene rings is 2. The summed E-state index contributed by atoms with van der Waals surface area (Å²) >= 11 is 0. The molecule has 1 atom stereocenters. The summed E-state index contributed by atoms with van der Waals surface area (Å²) in [5.74, 6) is 0.0994. The minimum absolute atomic E-state index is 0.0120. The summed E-state index contributed by atoms with van der Waals surface area (Å²) in [6.45, 7) is 3.94. The van der Waals surface area contributed by atoms with Crippen LogP contribution in [0.5, 0.6) is 5.75 Å². The number of hydrogen-bond donors (Lipinski definition) is 2. The first-order valence-electron chi connectivity index (χ1n) is 9.67. The first-order valence-corrected chi connectivity index (χ1v) is 9.67. The number of nitrogens with zero attached hydrogens (tertiary/aromatic N) is 1. The number of esters is 1. The molecule has 30 heavy (non-hydrogen) atoms. The Labute approximate surface area is 173 Å². The van der Waals surface area contributed by atoms with Gasteiger partial charge in [-0.1, -0.05) is 12.1 Å². The van der Waals surface area contributed by atoms with Gasteiger partial charge in [-0.15, -0.1) is 0 Å². The van der Waals surface area contributed by atoms with Crippen molar-refractivity contribution in [3.05, 3.63) is 64.7 Å². The van der Waals surface area contributed by atoms with Gasteiger partial charge in [0.05, 0.1) is 23.9 Å². The highest BCUT2D eigenvalue weighted by atomic mass is 16.5. The highest BCUT2D eigenvalue weighted by molar-refractivity contribution is 5.95. The number of aromatic amines is 1. The van der Waals surface area contributed by atoms with Gasteiger partial charge in [-0.2, -0.15) is 0 Å². The number of fused-ring (bicyclic) bond motifs is 1. The number of amides is 1. The van der Waals surface area contributed by atoms with E-state index in [4.69, 9.17) is 9.47 Å². The molecular formula is C22H23N3O5. The van der Waals surface area contributed by atoms with Gasteiger partial charge in [0.15, 0.2) is 6.10 Å². The van der Waals surface area contributed by atoms with Crippen molar-refractivity contribution >= 4 is 28.5 Å². The molecule has 1 aromatic heterocycles. The van der Waals surface area contributed by atoms with Crippen LogP contribution in [0.1, 0.15) is 26.1 Å². The number of aromatic nitrogens is 2. The van der Waals surface area contributed by atoms with E-state index in [2.05, 4.69) is 15.3 Å². The summed E-state index contributed by atoms with van der Waals surface area (Å²) in [7, 11) is 0. The first kappa shape index (κ1) is 21.0. The Morgan fingerprint density at radius 3 is 2.60 bits per heavy atom. The fraction of sp³-hybridized carbons (Fsp3) is 0.273. The van der Waals surface area contributed by atoms with Crippen LogP contribution in [-0.2, 0) is 20.7 Å². The average molecular weight is 409 g/mol. The topological polar surface area (TPSA) is 110 Å². The Morgan fingerprint density at radius 1 is 1.13 bits per heavy atom. The highest BCUT2D eigenvalue weighted by Gasteiger charge is 2.18. The lowest BCUT2D eigenvalue weighted by molar-refractivity contribution is -0.153. The van der Waals surface area contributed by atoms with Gasteiger partial charge in [0.1, 0.15) is 11.6 Å². The van der Waals surface area contributed by atoms with Crippen LogP contribution in [0.25, 0.3) is 10.9 Å². The zero-order valence-corrected chi connectivity index (χ0v) is 16.8. The van der Waals surface area contributed by atoms with E-state index in [9.17, 15) is 14.4 Å². The Kier molecular flexibility index (Phi) is 6.79. The maximum Gasteiger partial charge on any atom is 0.307 e. The smallest absolute Gasteiger partial charge is 0.307 e. The van der Waals surface area contributed by atoms with Crippen LogP contribution < -0.4 is 15.6 Å². The second-order valence-corrected chi connectivity index (χ2v) is 6.61. The van der Waals surface area contributed by atoms with Crippen LogP contribution in [0.15, 0.2) is 53.3 Å². The zero-order valence-electron chi connectivity index (χ0n) is 16.8. The van der Waals surface area contributed by atoms with Gasteiger partial charge >= 0.3 is 5.97 Å². The normalized spacial score (nSPS) is 11.7. The van der Waals surface area contributed by atoms with Gasteiger partial charge in [-0.25, -0.2) is 4.98 Å². The molecule has 2 aromatic carbocycles. The maximum atomic E-state index is 12.2. The Hall–Kier alpha value is -3.68. The number of carbonyl (C=O) groups is 2. The molecule has 0 aliphatic heterocycles. The molecule has 0 saturated carbocycles. The molecule has 1 heterocycles. The molecule has 0 aliphatic carbocycles. The highest BCUT2D eigenvalue weighted by Crippen LogP contribution is 2.16. The number of nitrogens with one attached hydrogen (secondary N) is 2. The number of para-hydroxylation sites is 1. The molecule has 3 aromatic rings. The molecule has 0 fully saturated rings. The van der Waals surface area contributed by atoms with E-state index in [0.29, 0.717) is 34.8 Å². The molecule has 156 valence electrons. The Balaban J connectivity index is 1.51. The molecule has 0 spiro atoms. The SMILES string of the molecule is CCOc1ccc(NC(=O)[C@H](C)OC(=O)CCc2nc3ccccc3c(=O)[nH]2)cc1. The van der Waals surface area contributed by atoms with Crippen LogP contribution in [0.3, 0.4) is 0 Å². The van der Waals surface area contributed by atoms with Crippen molar-refractivity contribution in [1.82, 2.24) is 9.97 Å². The fourth-order valence-corrected chi connectivity index (χ4v) is 2.83. The van der Waals surface area contributed by atoms with Crippen molar-refractivity contribution in [2.45, 2.75) is 32.8 Å². The Morgan fingerprint density at radius 2 is 1.87 bits per heavy atom. The average Bonchev–Trinajstić information content (AvgIpc) is 2.74. The number of aryl methyl sites for hydroxylation is 1. The lowest BCUT2D eigenvalue weighted by Gasteiger charge is -2.14. The molecule has 8 heteroatoms. The summed E-state index contributed by atoms with van der Waals surface area (Å²) in [6.07, 6.45) is -0.777. The quantitative estimate of drug-likeness (QED) is 0.554.